The molecule has 4 rings (SSSR count). The molecule has 31 heavy (non-hydrogen) atoms. The number of anilines is 1. The van der Waals surface area contributed by atoms with Crippen molar-refractivity contribution >= 4 is 17.5 Å². The zero-order chi connectivity index (χ0) is 21.6. The molecule has 0 saturated carbocycles. The van der Waals surface area contributed by atoms with Crippen molar-refractivity contribution < 1.29 is 14.3 Å². The van der Waals surface area contributed by atoms with Crippen LogP contribution in [0.4, 0.5) is 5.69 Å². The summed E-state index contributed by atoms with van der Waals surface area (Å²) in [6, 6.07) is 14.6. The Balaban J connectivity index is 1.34. The van der Waals surface area contributed by atoms with Gasteiger partial charge in [-0.25, -0.2) is 0 Å². The van der Waals surface area contributed by atoms with E-state index >= 15 is 0 Å². The molecule has 2 aromatic carbocycles. The quantitative estimate of drug-likeness (QED) is 0.741. The van der Waals surface area contributed by atoms with Gasteiger partial charge in [-0.1, -0.05) is 12.5 Å². The van der Waals surface area contributed by atoms with Crippen LogP contribution >= 0.6 is 0 Å². The minimum absolute atomic E-state index is 0.0894. The summed E-state index contributed by atoms with van der Waals surface area (Å²) in [4.78, 5) is 27.9. The molecule has 0 radical (unpaired) electrons. The number of nitrogens with one attached hydrogen (secondary N) is 2. The van der Waals surface area contributed by atoms with Gasteiger partial charge in [0, 0.05) is 29.4 Å². The van der Waals surface area contributed by atoms with Gasteiger partial charge in [0.05, 0.1) is 7.11 Å². The molecule has 2 saturated heterocycles. The van der Waals surface area contributed by atoms with E-state index in [0.717, 1.165) is 0 Å². The van der Waals surface area contributed by atoms with E-state index in [9.17, 15) is 9.59 Å². The average Bonchev–Trinajstić information content (AvgIpc) is 2.82. The van der Waals surface area contributed by atoms with Crippen LogP contribution < -0.4 is 15.4 Å². The lowest BCUT2D eigenvalue weighted by atomic mass is 9.83. The standard InChI is InChI=1S/C25H31N3O3/c1-31-22-12-10-18(11-13-22)25(30)27-21-8-4-6-19(16-21)24(29)26-17-20-7-5-15-28-14-3-2-9-23(20)28/h4,6,8,10-13,16,20,23H,2-3,5,7,9,14-15,17H2,1H3,(H,26,29)(H,27,30)/t20-,23+/m0/s1. The highest BCUT2D eigenvalue weighted by molar-refractivity contribution is 6.05. The van der Waals surface area contributed by atoms with Crippen LogP contribution in [-0.4, -0.2) is 49.5 Å². The molecule has 164 valence electrons. The number of carbonyl (C=O) groups is 2. The normalized spacial score (nSPS) is 21.1. The molecule has 0 unspecified atom stereocenters. The Morgan fingerprint density at radius 3 is 2.58 bits per heavy atom. The SMILES string of the molecule is COc1ccc(C(=O)Nc2cccc(C(=O)NC[C@@H]3CCCN4CCCC[C@H]34)c2)cc1. The molecule has 2 heterocycles. The number of ether oxygens (including phenoxy) is 1. The van der Waals surface area contributed by atoms with E-state index in [4.69, 9.17) is 4.74 Å². The highest BCUT2D eigenvalue weighted by Gasteiger charge is 2.32. The van der Waals surface area contributed by atoms with Crippen molar-refractivity contribution in [1.82, 2.24) is 10.2 Å². The van der Waals surface area contributed by atoms with E-state index in [1.54, 1.807) is 55.6 Å². The number of amides is 2. The number of carbonyl (C=O) groups excluding carboxylic acids is 2. The molecule has 2 atom stereocenters. The minimum Gasteiger partial charge on any atom is -0.497 e. The van der Waals surface area contributed by atoms with Crippen molar-refractivity contribution in [3.63, 3.8) is 0 Å². The average molecular weight is 422 g/mol. The Bertz CT molecular complexity index is 910. The third-order valence-corrected chi connectivity index (χ3v) is 6.49. The summed E-state index contributed by atoms with van der Waals surface area (Å²) < 4.78 is 5.13. The van der Waals surface area contributed by atoms with Crippen molar-refractivity contribution in [3.05, 3.63) is 59.7 Å². The van der Waals surface area contributed by atoms with Gasteiger partial charge < -0.3 is 20.3 Å². The first-order valence-electron chi connectivity index (χ1n) is 11.2. The number of methoxy groups -OCH3 is 1. The number of rotatable bonds is 6. The van der Waals surface area contributed by atoms with Crippen LogP contribution in [0.1, 0.15) is 52.8 Å². The number of benzene rings is 2. The molecule has 0 aliphatic carbocycles. The van der Waals surface area contributed by atoms with Crippen molar-refractivity contribution in [1.29, 1.82) is 0 Å². The van der Waals surface area contributed by atoms with Crippen molar-refractivity contribution in [3.8, 4) is 5.75 Å². The van der Waals surface area contributed by atoms with Crippen molar-refractivity contribution in [2.24, 2.45) is 5.92 Å². The number of hydrogen-bond acceptors (Lipinski definition) is 4. The maximum absolute atomic E-state index is 12.8. The van der Waals surface area contributed by atoms with Gasteiger partial charge in [-0.05, 0) is 87.2 Å². The van der Waals surface area contributed by atoms with Crippen LogP contribution in [0.15, 0.2) is 48.5 Å². The van der Waals surface area contributed by atoms with Crippen molar-refractivity contribution in [2.45, 2.75) is 38.1 Å². The van der Waals surface area contributed by atoms with E-state index in [1.165, 1.54) is 45.2 Å². The van der Waals surface area contributed by atoms with Gasteiger partial charge in [0.15, 0.2) is 0 Å². The Hall–Kier alpha value is -2.86. The topological polar surface area (TPSA) is 70.7 Å². The molecule has 2 aliphatic heterocycles. The summed E-state index contributed by atoms with van der Waals surface area (Å²) in [5.41, 5.74) is 1.69. The summed E-state index contributed by atoms with van der Waals surface area (Å²) in [6.45, 7) is 3.11. The first-order valence-corrected chi connectivity index (χ1v) is 11.2. The Labute approximate surface area is 184 Å². The summed E-state index contributed by atoms with van der Waals surface area (Å²) in [7, 11) is 1.59. The summed E-state index contributed by atoms with van der Waals surface area (Å²) in [5.74, 6) is 0.911. The molecule has 0 aromatic heterocycles. The maximum atomic E-state index is 12.8. The fraction of sp³-hybridized carbons (Fsp3) is 0.440. The van der Waals surface area contributed by atoms with Gasteiger partial charge in [-0.15, -0.1) is 0 Å². The van der Waals surface area contributed by atoms with E-state index in [2.05, 4.69) is 15.5 Å². The summed E-state index contributed by atoms with van der Waals surface area (Å²) >= 11 is 0. The monoisotopic (exact) mass is 421 g/mol. The van der Waals surface area contributed by atoms with Crippen LogP contribution in [0.5, 0.6) is 5.75 Å². The lowest BCUT2D eigenvalue weighted by Gasteiger charge is -2.44. The third kappa shape index (κ3) is 5.25. The van der Waals surface area contributed by atoms with Gasteiger partial charge in [0.2, 0.25) is 0 Å². The smallest absolute Gasteiger partial charge is 0.255 e. The van der Waals surface area contributed by atoms with Crippen molar-refractivity contribution in [2.75, 3.05) is 32.1 Å². The predicted octanol–water partition coefficient (Wildman–Crippen LogP) is 3.94. The molecule has 0 bridgehead atoms. The van der Waals surface area contributed by atoms with Gasteiger partial charge in [-0.2, -0.15) is 0 Å². The molecule has 6 heteroatoms. The van der Waals surface area contributed by atoms with E-state index in [1.807, 2.05) is 0 Å². The largest absolute Gasteiger partial charge is 0.497 e. The molecule has 2 N–H and O–H groups in total. The third-order valence-electron chi connectivity index (χ3n) is 6.49. The molecule has 2 aromatic rings. The highest BCUT2D eigenvalue weighted by atomic mass is 16.5. The lowest BCUT2D eigenvalue weighted by Crippen LogP contribution is -2.51. The summed E-state index contributed by atoms with van der Waals surface area (Å²) in [6.07, 6.45) is 6.23. The fourth-order valence-corrected chi connectivity index (χ4v) is 4.82. The molecule has 2 aliphatic rings. The van der Waals surface area contributed by atoms with Crippen LogP contribution in [0.2, 0.25) is 0 Å². The molecule has 2 amide bonds. The lowest BCUT2D eigenvalue weighted by molar-refractivity contribution is 0.0575. The predicted molar refractivity (Wildman–Crippen MR) is 122 cm³/mol. The fourth-order valence-electron chi connectivity index (χ4n) is 4.82. The molecular formula is C25H31N3O3. The minimum atomic E-state index is -0.222. The maximum Gasteiger partial charge on any atom is 0.255 e. The van der Waals surface area contributed by atoms with E-state index in [-0.39, 0.29) is 11.8 Å². The van der Waals surface area contributed by atoms with Crippen LogP contribution in [0.3, 0.4) is 0 Å². The van der Waals surface area contributed by atoms with E-state index < -0.39 is 0 Å². The van der Waals surface area contributed by atoms with Gasteiger partial charge in [0.25, 0.3) is 11.8 Å². The van der Waals surface area contributed by atoms with E-state index in [0.29, 0.717) is 41.1 Å². The van der Waals surface area contributed by atoms with Gasteiger partial charge in [0.1, 0.15) is 5.75 Å². The zero-order valence-corrected chi connectivity index (χ0v) is 18.1. The molecule has 0 spiro atoms. The Morgan fingerprint density at radius 1 is 0.968 bits per heavy atom. The van der Waals surface area contributed by atoms with Crippen LogP contribution in [-0.2, 0) is 0 Å². The van der Waals surface area contributed by atoms with Gasteiger partial charge in [-0.3, -0.25) is 9.59 Å². The Morgan fingerprint density at radius 2 is 1.77 bits per heavy atom. The second-order valence-electron chi connectivity index (χ2n) is 8.47. The number of hydrogen-bond donors (Lipinski definition) is 2. The molecular weight excluding hydrogens is 390 g/mol. The second-order valence-corrected chi connectivity index (χ2v) is 8.47. The number of fused-ring (bicyclic) bond motifs is 1. The second kappa shape index (κ2) is 9.96. The first-order chi connectivity index (χ1) is 15.1. The van der Waals surface area contributed by atoms with Gasteiger partial charge >= 0.3 is 0 Å². The first kappa shape index (κ1) is 21.4. The van der Waals surface area contributed by atoms with Crippen LogP contribution in [0.25, 0.3) is 0 Å². The molecule has 6 nitrogen and oxygen atoms in total. The highest BCUT2D eigenvalue weighted by Crippen LogP contribution is 2.30. The number of nitrogens with zero attached hydrogens (tertiary/aromatic N) is 1. The van der Waals surface area contributed by atoms with Crippen LogP contribution in [0, 0.1) is 5.92 Å². The summed E-state index contributed by atoms with van der Waals surface area (Å²) in [5, 5.41) is 6.00. The number of piperidine rings is 2. The zero-order valence-electron chi connectivity index (χ0n) is 18.1. The molecule has 2 fully saturated rings. The Kier molecular flexibility index (Phi) is 6.87.